The maximum atomic E-state index is 13.8. The molecule has 5 aliphatic carbocycles. The van der Waals surface area contributed by atoms with Gasteiger partial charge in [0, 0.05) is 25.9 Å². The van der Waals surface area contributed by atoms with Crippen LogP contribution in [0.5, 0.6) is 0 Å². The molecule has 2 saturated heterocycles. The highest BCUT2D eigenvalue weighted by atomic mass is 16.5. The van der Waals surface area contributed by atoms with Crippen LogP contribution in [-0.4, -0.2) is 93.1 Å². The van der Waals surface area contributed by atoms with Crippen molar-refractivity contribution in [1.82, 2.24) is 40.4 Å². The van der Waals surface area contributed by atoms with Gasteiger partial charge in [0.15, 0.2) is 0 Å². The van der Waals surface area contributed by atoms with Gasteiger partial charge in [0.2, 0.25) is 11.8 Å². The van der Waals surface area contributed by atoms with Gasteiger partial charge in [0.05, 0.1) is 60.5 Å². The predicted molar refractivity (Wildman–Crippen MR) is 259 cm³/mol. The lowest BCUT2D eigenvalue weighted by Crippen LogP contribution is -2.48. The summed E-state index contributed by atoms with van der Waals surface area (Å²) in [6, 6.07) is 21.6. The molecule has 6 atom stereocenters. The Morgan fingerprint density at radius 2 is 1.32 bits per heavy atom. The number of carbonyl (C=O) groups is 4. The fraction of sp³-hybridized carbons (Fsp3) is 0.434. The highest BCUT2D eigenvalue weighted by Crippen LogP contribution is 2.42. The first-order valence-electron chi connectivity index (χ1n) is 24.1. The van der Waals surface area contributed by atoms with Crippen molar-refractivity contribution in [3.8, 4) is 23.3 Å². The smallest absolute Gasteiger partial charge is 0.407 e. The Balaban J connectivity index is 0.949. The van der Waals surface area contributed by atoms with Crippen LogP contribution in [0.4, 0.5) is 9.59 Å². The molecule has 4 N–H and O–H groups in total. The molecule has 16 nitrogen and oxygen atoms in total. The van der Waals surface area contributed by atoms with Crippen LogP contribution in [0.2, 0.25) is 0 Å². The summed E-state index contributed by atoms with van der Waals surface area (Å²) in [4.78, 5) is 72.4. The Bertz CT molecular complexity index is 2940. The Hall–Kier alpha value is -7.46. The van der Waals surface area contributed by atoms with Crippen LogP contribution in [0.25, 0.3) is 38.8 Å². The van der Waals surface area contributed by atoms with E-state index in [2.05, 4.69) is 100 Å². The number of nitrogens with zero attached hydrogens (tertiary/aromatic N) is 6. The Morgan fingerprint density at radius 1 is 0.754 bits per heavy atom. The van der Waals surface area contributed by atoms with E-state index in [1.807, 2.05) is 6.07 Å². The van der Waals surface area contributed by atoms with Gasteiger partial charge in [-0.25, -0.2) is 19.6 Å². The molecule has 2 aromatic heterocycles. The van der Waals surface area contributed by atoms with Gasteiger partial charge in [-0.1, -0.05) is 49.4 Å². The van der Waals surface area contributed by atoms with Crippen molar-refractivity contribution in [2.45, 2.75) is 108 Å². The van der Waals surface area contributed by atoms with Crippen LogP contribution in [-0.2, 0) is 31.9 Å². The van der Waals surface area contributed by atoms with Gasteiger partial charge >= 0.3 is 12.2 Å². The number of benzene rings is 3. The zero-order valence-electron chi connectivity index (χ0n) is 39.3. The standard InChI is InChI=1S/C53H58N10O6/c1-31-26-35-15-13-32(27-38(35)36-18-20-40-44(29-36)58-48(56-40)46-10-6-24-62(46)50(64)42(8-4-22-54)60-52(66)68-2)12-14-33-16-17-34(31)28-39(33)37-19-21-41-45(30-37)59-49(57-41)47-11-7-25-63(47)51(65)43(9-5-23-55)61-53(67)69-3/h13,15-21,27,29-31,34,42-43,46-47H,4-12,14,24-26,28H2,1-3H3,(H,56,58)(H,57,59)(H,60,66)(H,61,67)/t31-,34-,42+,43+,46+,47+/m1/s1. The summed E-state index contributed by atoms with van der Waals surface area (Å²) in [5.41, 5.74) is 12.1. The minimum atomic E-state index is -0.868. The molecule has 356 valence electrons. The van der Waals surface area contributed by atoms with Crippen molar-refractivity contribution in [3.63, 3.8) is 0 Å². The van der Waals surface area contributed by atoms with E-state index < -0.39 is 24.3 Å². The SMILES string of the molecule is COC(=O)N[C@@H](CCC#N)C(=O)N1CCC[C@H]1c1nc2ccc(C3=C4C=C[C@H](C3)[C@H](C)Cc3ccc(cc3-c3ccc5nc([C@@H]6CCCN6C(=O)[C@H](CCC#N)NC(=O)OC)[nH]c5c3)CC4)cc2[nH]1. The van der Waals surface area contributed by atoms with Crippen LogP contribution in [0.3, 0.4) is 0 Å². The molecule has 12 rings (SSSR count). The number of methoxy groups -OCH3 is 2. The molecule has 2 aliphatic heterocycles. The van der Waals surface area contributed by atoms with E-state index in [4.69, 9.17) is 19.4 Å². The minimum Gasteiger partial charge on any atom is -0.453 e. The van der Waals surface area contributed by atoms with E-state index in [1.165, 1.54) is 42.1 Å². The predicted octanol–water partition coefficient (Wildman–Crippen LogP) is 8.64. The number of aryl methyl sites for hydroxylation is 1. The number of fused-ring (bicyclic) bond motifs is 2. The van der Waals surface area contributed by atoms with Gasteiger partial charge in [-0.3, -0.25) is 9.59 Å². The molecule has 3 aromatic carbocycles. The highest BCUT2D eigenvalue weighted by molar-refractivity contribution is 5.88. The van der Waals surface area contributed by atoms with Crippen molar-refractivity contribution in [2.24, 2.45) is 11.8 Å². The first kappa shape index (κ1) is 46.6. The molecule has 4 heterocycles. The van der Waals surface area contributed by atoms with Crippen LogP contribution in [0.15, 0.2) is 72.3 Å². The fourth-order valence-electron chi connectivity index (χ4n) is 10.8. The first-order chi connectivity index (χ1) is 33.5. The molecule has 0 spiro atoms. The van der Waals surface area contributed by atoms with Crippen molar-refractivity contribution < 1.29 is 28.7 Å². The summed E-state index contributed by atoms with van der Waals surface area (Å²) in [6.07, 6.45) is 10.6. The molecule has 2 fully saturated rings. The van der Waals surface area contributed by atoms with Crippen molar-refractivity contribution in [1.29, 1.82) is 10.5 Å². The van der Waals surface area contributed by atoms with Crippen molar-refractivity contribution >= 4 is 51.6 Å². The lowest BCUT2D eigenvalue weighted by Gasteiger charge is -2.29. The summed E-state index contributed by atoms with van der Waals surface area (Å²) in [5.74, 6) is 1.57. The van der Waals surface area contributed by atoms with Crippen molar-refractivity contribution in [3.05, 3.63) is 101 Å². The summed E-state index contributed by atoms with van der Waals surface area (Å²) in [7, 11) is 2.51. The summed E-state index contributed by atoms with van der Waals surface area (Å²) in [5, 5.41) is 23.7. The van der Waals surface area contributed by atoms with Crippen molar-refractivity contribution in [2.75, 3.05) is 27.3 Å². The second-order valence-electron chi connectivity index (χ2n) is 18.8. The number of aromatic nitrogens is 4. The molecule has 16 heteroatoms. The molecule has 4 amide bonds. The Labute approximate surface area is 401 Å². The maximum absolute atomic E-state index is 13.8. The topological polar surface area (TPSA) is 222 Å². The third-order valence-electron chi connectivity index (χ3n) is 14.5. The molecule has 4 bridgehead atoms. The van der Waals surface area contributed by atoms with E-state index in [0.717, 1.165) is 84.6 Å². The average Bonchev–Trinajstić information content (AvgIpc) is 4.21. The zero-order chi connectivity index (χ0) is 48.2. The Morgan fingerprint density at radius 3 is 1.88 bits per heavy atom. The van der Waals surface area contributed by atoms with Gasteiger partial charge < -0.3 is 39.9 Å². The minimum absolute atomic E-state index is 0.123. The number of imidazole rings is 2. The van der Waals surface area contributed by atoms with Gasteiger partial charge in [0.1, 0.15) is 23.7 Å². The number of amides is 4. The number of H-pyrrole nitrogens is 2. The summed E-state index contributed by atoms with van der Waals surface area (Å²) < 4.78 is 9.54. The number of carbonyl (C=O) groups excluding carboxylic acids is 4. The molecule has 5 aromatic rings. The van der Waals surface area contributed by atoms with Crippen LogP contribution in [0.1, 0.15) is 112 Å². The number of alkyl carbamates (subject to hydrolysis) is 2. The third-order valence-corrected chi connectivity index (χ3v) is 14.5. The van der Waals surface area contributed by atoms with E-state index in [1.54, 1.807) is 9.80 Å². The average molecular weight is 931 g/mol. The number of nitriles is 2. The van der Waals surface area contributed by atoms with Crippen LogP contribution in [0, 0.1) is 34.5 Å². The second-order valence-corrected chi connectivity index (χ2v) is 18.8. The number of likely N-dealkylation sites (tertiary alicyclic amines) is 2. The number of ether oxygens (including phenoxy) is 2. The molecule has 0 saturated carbocycles. The molecular formula is C53H58N10O6. The second kappa shape index (κ2) is 20.4. The monoisotopic (exact) mass is 930 g/mol. The fourth-order valence-corrected chi connectivity index (χ4v) is 10.8. The maximum Gasteiger partial charge on any atom is 0.407 e. The van der Waals surface area contributed by atoms with Gasteiger partial charge in [-0.05, 0) is 139 Å². The molecule has 69 heavy (non-hydrogen) atoms. The normalized spacial score (nSPS) is 20.8. The van der Waals surface area contributed by atoms with E-state index >= 15 is 0 Å². The van der Waals surface area contributed by atoms with E-state index in [0.29, 0.717) is 36.6 Å². The number of aromatic amines is 2. The number of hydrogen-bond donors (Lipinski definition) is 4. The zero-order valence-corrected chi connectivity index (χ0v) is 39.3. The Kier molecular flexibility index (Phi) is 13.8. The van der Waals surface area contributed by atoms with E-state index in [-0.39, 0.29) is 49.6 Å². The molecular weight excluding hydrogens is 873 g/mol. The number of rotatable bonds is 12. The largest absolute Gasteiger partial charge is 0.453 e. The number of hydrogen-bond acceptors (Lipinski definition) is 10. The summed E-state index contributed by atoms with van der Waals surface area (Å²) in [6.45, 7) is 3.40. The van der Waals surface area contributed by atoms with E-state index in [9.17, 15) is 29.7 Å². The van der Waals surface area contributed by atoms with Crippen LogP contribution >= 0.6 is 0 Å². The number of allylic oxidation sites excluding steroid dienone is 4. The molecule has 0 radical (unpaired) electrons. The van der Waals surface area contributed by atoms with Crippen LogP contribution < -0.4 is 10.6 Å². The lowest BCUT2D eigenvalue weighted by molar-refractivity contribution is -0.135. The number of nitrogens with one attached hydrogen (secondary N) is 4. The third kappa shape index (κ3) is 9.79. The highest BCUT2D eigenvalue weighted by Gasteiger charge is 2.38. The quantitative estimate of drug-likeness (QED) is 0.0932. The lowest BCUT2D eigenvalue weighted by atomic mass is 9.75. The van der Waals surface area contributed by atoms with Gasteiger partial charge in [-0.2, -0.15) is 10.5 Å². The van der Waals surface area contributed by atoms with Gasteiger partial charge in [-0.15, -0.1) is 0 Å². The first-order valence-corrected chi connectivity index (χ1v) is 24.1. The molecule has 0 unspecified atom stereocenters. The summed E-state index contributed by atoms with van der Waals surface area (Å²) >= 11 is 0. The van der Waals surface area contributed by atoms with Gasteiger partial charge in [0.25, 0.3) is 0 Å². The molecule has 7 aliphatic rings.